The number of guanidine groups is 1. The lowest BCUT2D eigenvalue weighted by molar-refractivity contribution is -0.121. The Balaban J connectivity index is 1.92. The van der Waals surface area contributed by atoms with Crippen LogP contribution in [0.15, 0.2) is 23.2 Å². The third kappa shape index (κ3) is 7.07. The number of piperidine rings is 1. The van der Waals surface area contributed by atoms with Crippen molar-refractivity contribution in [2.75, 3.05) is 33.8 Å². The standard InChI is InChI=1S/C20H30F2N4O3/c1-4-28-17-11-15(5-6-16(17)29-19(21)22)13-25-20(24-3)26-9-7-14(8-10-26)12-18(27)23-2/h5-6,11,14,19H,4,7-10,12-13H2,1-3H3,(H,23,27)(H,24,25). The van der Waals surface area contributed by atoms with E-state index in [9.17, 15) is 13.6 Å². The predicted molar refractivity (Wildman–Crippen MR) is 107 cm³/mol. The number of nitrogens with one attached hydrogen (secondary N) is 2. The van der Waals surface area contributed by atoms with Crippen LogP contribution in [-0.2, 0) is 11.3 Å². The number of aliphatic imine (C=N–C) groups is 1. The monoisotopic (exact) mass is 412 g/mol. The van der Waals surface area contributed by atoms with Gasteiger partial charge in [0.1, 0.15) is 0 Å². The summed E-state index contributed by atoms with van der Waals surface area (Å²) < 4.78 is 35.0. The lowest BCUT2D eigenvalue weighted by Gasteiger charge is -2.34. The molecule has 29 heavy (non-hydrogen) atoms. The number of ether oxygens (including phenoxy) is 2. The second kappa shape index (κ2) is 11.4. The van der Waals surface area contributed by atoms with E-state index in [2.05, 4.69) is 25.3 Å². The number of halogens is 2. The Morgan fingerprint density at radius 2 is 2.03 bits per heavy atom. The number of rotatable bonds is 8. The van der Waals surface area contributed by atoms with Crippen LogP contribution < -0.4 is 20.1 Å². The maximum absolute atomic E-state index is 12.5. The molecule has 0 aromatic heterocycles. The minimum atomic E-state index is -2.90. The Hall–Kier alpha value is -2.58. The number of likely N-dealkylation sites (tertiary alicyclic amines) is 1. The molecule has 162 valence electrons. The zero-order chi connectivity index (χ0) is 21.2. The summed E-state index contributed by atoms with van der Waals surface area (Å²) in [4.78, 5) is 18.1. The molecule has 9 heteroatoms. The summed E-state index contributed by atoms with van der Waals surface area (Å²) in [5.41, 5.74) is 0.866. The quantitative estimate of drug-likeness (QED) is 0.507. The molecule has 0 radical (unpaired) electrons. The van der Waals surface area contributed by atoms with Gasteiger partial charge in [0.25, 0.3) is 0 Å². The first-order chi connectivity index (χ1) is 14.0. The van der Waals surface area contributed by atoms with Gasteiger partial charge in [-0.2, -0.15) is 8.78 Å². The number of benzene rings is 1. The summed E-state index contributed by atoms with van der Waals surface area (Å²) >= 11 is 0. The average Bonchev–Trinajstić information content (AvgIpc) is 2.71. The highest BCUT2D eigenvalue weighted by atomic mass is 19.3. The molecular weight excluding hydrogens is 382 g/mol. The molecule has 1 amide bonds. The van der Waals surface area contributed by atoms with E-state index in [1.165, 1.54) is 6.07 Å². The Kier molecular flexibility index (Phi) is 8.95. The number of alkyl halides is 2. The van der Waals surface area contributed by atoms with E-state index >= 15 is 0 Å². The van der Waals surface area contributed by atoms with Gasteiger partial charge in [0.05, 0.1) is 6.61 Å². The molecule has 1 saturated heterocycles. The van der Waals surface area contributed by atoms with Crippen LogP contribution in [0.3, 0.4) is 0 Å². The molecule has 1 fully saturated rings. The van der Waals surface area contributed by atoms with Crippen LogP contribution in [0.25, 0.3) is 0 Å². The smallest absolute Gasteiger partial charge is 0.387 e. The Morgan fingerprint density at radius 1 is 1.31 bits per heavy atom. The van der Waals surface area contributed by atoms with Crippen LogP contribution in [0.2, 0.25) is 0 Å². The van der Waals surface area contributed by atoms with Crippen molar-refractivity contribution in [1.82, 2.24) is 15.5 Å². The summed E-state index contributed by atoms with van der Waals surface area (Å²) in [5, 5.41) is 5.98. The lowest BCUT2D eigenvalue weighted by atomic mass is 9.93. The number of hydrogen-bond donors (Lipinski definition) is 2. The molecule has 7 nitrogen and oxygen atoms in total. The lowest BCUT2D eigenvalue weighted by Crippen LogP contribution is -2.45. The van der Waals surface area contributed by atoms with E-state index in [-0.39, 0.29) is 17.4 Å². The molecule has 0 aliphatic carbocycles. The third-order valence-corrected chi connectivity index (χ3v) is 4.85. The van der Waals surface area contributed by atoms with Crippen LogP contribution in [0.1, 0.15) is 31.7 Å². The van der Waals surface area contributed by atoms with Crippen LogP contribution >= 0.6 is 0 Å². The van der Waals surface area contributed by atoms with Gasteiger partial charge in [0.15, 0.2) is 17.5 Å². The second-order valence-electron chi connectivity index (χ2n) is 6.80. The summed E-state index contributed by atoms with van der Waals surface area (Å²) in [6.07, 6.45) is 2.42. The number of amides is 1. The van der Waals surface area contributed by atoms with Crippen LogP contribution in [0.4, 0.5) is 8.78 Å². The van der Waals surface area contributed by atoms with Crippen molar-refractivity contribution in [3.63, 3.8) is 0 Å². The fourth-order valence-electron chi connectivity index (χ4n) is 3.35. The maximum Gasteiger partial charge on any atom is 0.387 e. The maximum atomic E-state index is 12.5. The predicted octanol–water partition coefficient (Wildman–Crippen LogP) is 2.61. The van der Waals surface area contributed by atoms with E-state index in [0.717, 1.165) is 37.5 Å². The van der Waals surface area contributed by atoms with Crippen molar-refractivity contribution in [2.24, 2.45) is 10.9 Å². The summed E-state index contributed by atoms with van der Waals surface area (Å²) in [7, 11) is 3.39. The second-order valence-corrected chi connectivity index (χ2v) is 6.80. The van der Waals surface area contributed by atoms with Gasteiger partial charge in [0.2, 0.25) is 5.91 Å². The van der Waals surface area contributed by atoms with E-state index in [4.69, 9.17) is 4.74 Å². The van der Waals surface area contributed by atoms with Crippen molar-refractivity contribution in [2.45, 2.75) is 39.3 Å². The first kappa shape index (κ1) is 22.7. The van der Waals surface area contributed by atoms with Crippen molar-refractivity contribution < 1.29 is 23.0 Å². The number of carbonyl (C=O) groups is 1. The van der Waals surface area contributed by atoms with Gasteiger partial charge in [-0.25, -0.2) is 0 Å². The Labute approximate surface area is 170 Å². The van der Waals surface area contributed by atoms with Gasteiger partial charge in [-0.3, -0.25) is 9.79 Å². The van der Waals surface area contributed by atoms with Crippen molar-refractivity contribution in [3.05, 3.63) is 23.8 Å². The van der Waals surface area contributed by atoms with E-state index in [1.54, 1.807) is 33.2 Å². The molecule has 0 bridgehead atoms. The Bertz CT molecular complexity index is 692. The highest BCUT2D eigenvalue weighted by Gasteiger charge is 2.23. The SMILES string of the molecule is CCOc1cc(CNC(=NC)N2CCC(CC(=O)NC)CC2)ccc1OC(F)F. The molecule has 1 heterocycles. The van der Waals surface area contributed by atoms with Crippen LogP contribution in [-0.4, -0.2) is 57.2 Å². The topological polar surface area (TPSA) is 75.2 Å². The van der Waals surface area contributed by atoms with Gasteiger partial charge in [-0.05, 0) is 43.4 Å². The molecule has 0 unspecified atom stereocenters. The fourth-order valence-corrected chi connectivity index (χ4v) is 3.35. The molecule has 1 aromatic rings. The Morgan fingerprint density at radius 3 is 2.62 bits per heavy atom. The minimum absolute atomic E-state index is 0.0215. The van der Waals surface area contributed by atoms with E-state index in [0.29, 0.717) is 25.5 Å². The number of hydrogen-bond acceptors (Lipinski definition) is 4. The summed E-state index contributed by atoms with van der Waals surface area (Å²) in [6, 6.07) is 4.90. The van der Waals surface area contributed by atoms with E-state index in [1.807, 2.05) is 0 Å². The zero-order valence-electron chi connectivity index (χ0n) is 17.2. The van der Waals surface area contributed by atoms with Gasteiger partial charge in [-0.15, -0.1) is 0 Å². The first-order valence-electron chi connectivity index (χ1n) is 9.83. The molecule has 2 rings (SSSR count). The first-order valence-corrected chi connectivity index (χ1v) is 9.83. The van der Waals surface area contributed by atoms with Crippen LogP contribution in [0, 0.1) is 5.92 Å². The van der Waals surface area contributed by atoms with Gasteiger partial charge >= 0.3 is 6.61 Å². The molecule has 1 aliphatic rings. The van der Waals surface area contributed by atoms with E-state index < -0.39 is 6.61 Å². The number of nitrogens with zero attached hydrogens (tertiary/aromatic N) is 2. The molecule has 2 N–H and O–H groups in total. The van der Waals surface area contributed by atoms with Gasteiger partial charge in [-0.1, -0.05) is 6.07 Å². The largest absolute Gasteiger partial charge is 0.490 e. The number of carbonyl (C=O) groups excluding carboxylic acids is 1. The average molecular weight is 412 g/mol. The molecule has 0 spiro atoms. The highest BCUT2D eigenvalue weighted by molar-refractivity contribution is 5.80. The normalized spacial score (nSPS) is 15.4. The molecule has 0 atom stereocenters. The molecule has 0 saturated carbocycles. The highest BCUT2D eigenvalue weighted by Crippen LogP contribution is 2.30. The third-order valence-electron chi connectivity index (χ3n) is 4.85. The van der Waals surface area contributed by atoms with Gasteiger partial charge in [0, 0.05) is 40.2 Å². The van der Waals surface area contributed by atoms with Crippen molar-refractivity contribution >= 4 is 11.9 Å². The minimum Gasteiger partial charge on any atom is -0.490 e. The molecule has 1 aromatic carbocycles. The fraction of sp³-hybridized carbons (Fsp3) is 0.600. The van der Waals surface area contributed by atoms with Crippen LogP contribution in [0.5, 0.6) is 11.5 Å². The summed E-state index contributed by atoms with van der Waals surface area (Å²) in [5.74, 6) is 1.55. The van der Waals surface area contributed by atoms with Gasteiger partial charge < -0.3 is 25.0 Å². The molecule has 1 aliphatic heterocycles. The zero-order valence-corrected chi connectivity index (χ0v) is 17.2. The van der Waals surface area contributed by atoms with Crippen molar-refractivity contribution in [1.29, 1.82) is 0 Å². The summed E-state index contributed by atoms with van der Waals surface area (Å²) in [6.45, 7) is 1.36. The van der Waals surface area contributed by atoms with Crippen molar-refractivity contribution in [3.8, 4) is 11.5 Å². The molecular formula is C20H30F2N4O3.